The zero-order valence-electron chi connectivity index (χ0n) is 12.2. The molecular formula is C15H18N6O. The van der Waals surface area contributed by atoms with E-state index in [1.807, 2.05) is 0 Å². The number of hydrogen-bond acceptors (Lipinski definition) is 6. The Morgan fingerprint density at radius 3 is 2.82 bits per heavy atom. The molecule has 0 unspecified atom stereocenters. The standard InChI is InChI=1S/C15H18N6O/c22-15-14(16-5-6-17-15)18-7-10-8-21(9-10)13-4-3-12(19-20-13)11-1-2-11/h3-6,10-11H,1-2,7-9H2,(H,16,18)(H,17,22). The van der Waals surface area contributed by atoms with Gasteiger partial charge in [0.25, 0.3) is 5.56 Å². The van der Waals surface area contributed by atoms with Crippen LogP contribution in [0.15, 0.2) is 29.3 Å². The van der Waals surface area contributed by atoms with Gasteiger partial charge in [0.05, 0.1) is 5.69 Å². The molecule has 2 aromatic rings. The van der Waals surface area contributed by atoms with E-state index in [0.29, 0.717) is 17.7 Å². The average Bonchev–Trinajstić information content (AvgIpc) is 3.33. The van der Waals surface area contributed by atoms with E-state index in [0.717, 1.165) is 31.1 Å². The van der Waals surface area contributed by atoms with Crippen LogP contribution < -0.4 is 15.8 Å². The molecule has 1 aliphatic carbocycles. The third-order valence-electron chi connectivity index (χ3n) is 4.21. The van der Waals surface area contributed by atoms with Crippen molar-refractivity contribution in [1.29, 1.82) is 0 Å². The van der Waals surface area contributed by atoms with E-state index in [1.54, 1.807) is 6.20 Å². The third kappa shape index (κ3) is 2.66. The van der Waals surface area contributed by atoms with Crippen LogP contribution in [0.25, 0.3) is 0 Å². The van der Waals surface area contributed by atoms with Gasteiger partial charge >= 0.3 is 0 Å². The van der Waals surface area contributed by atoms with Gasteiger partial charge < -0.3 is 15.2 Å². The van der Waals surface area contributed by atoms with Gasteiger partial charge in [0, 0.05) is 43.9 Å². The molecule has 2 fully saturated rings. The van der Waals surface area contributed by atoms with Gasteiger partial charge in [0.15, 0.2) is 11.6 Å². The first-order valence-electron chi connectivity index (χ1n) is 7.66. The normalized spacial score (nSPS) is 18.1. The number of hydrogen-bond donors (Lipinski definition) is 2. The number of rotatable bonds is 5. The van der Waals surface area contributed by atoms with Crippen LogP contribution in [0.2, 0.25) is 0 Å². The first-order chi connectivity index (χ1) is 10.8. The summed E-state index contributed by atoms with van der Waals surface area (Å²) in [5, 5.41) is 11.7. The van der Waals surface area contributed by atoms with E-state index in [9.17, 15) is 4.79 Å². The van der Waals surface area contributed by atoms with E-state index in [-0.39, 0.29) is 5.56 Å². The van der Waals surface area contributed by atoms with Gasteiger partial charge in [-0.1, -0.05) is 0 Å². The molecule has 4 rings (SSSR count). The number of nitrogens with zero attached hydrogens (tertiary/aromatic N) is 4. The quantitative estimate of drug-likeness (QED) is 0.856. The zero-order chi connectivity index (χ0) is 14.9. The van der Waals surface area contributed by atoms with Crippen molar-refractivity contribution in [3.05, 3.63) is 40.6 Å². The van der Waals surface area contributed by atoms with Gasteiger partial charge in [0.1, 0.15) is 0 Å². The van der Waals surface area contributed by atoms with Crippen LogP contribution in [-0.2, 0) is 0 Å². The van der Waals surface area contributed by atoms with Crippen LogP contribution in [0.1, 0.15) is 24.5 Å². The predicted molar refractivity (Wildman–Crippen MR) is 83.1 cm³/mol. The molecule has 22 heavy (non-hydrogen) atoms. The van der Waals surface area contributed by atoms with Crippen molar-refractivity contribution in [3.63, 3.8) is 0 Å². The Hall–Kier alpha value is -2.44. The summed E-state index contributed by atoms with van der Waals surface area (Å²) in [5.74, 6) is 2.46. The fourth-order valence-corrected chi connectivity index (χ4v) is 2.71. The highest BCUT2D eigenvalue weighted by Gasteiger charge is 2.29. The van der Waals surface area contributed by atoms with Crippen LogP contribution in [0, 0.1) is 5.92 Å². The van der Waals surface area contributed by atoms with E-state index in [1.165, 1.54) is 19.0 Å². The van der Waals surface area contributed by atoms with Crippen molar-refractivity contribution >= 4 is 11.6 Å². The molecule has 1 saturated heterocycles. The molecular weight excluding hydrogens is 280 g/mol. The maximum atomic E-state index is 11.5. The largest absolute Gasteiger partial charge is 0.365 e. The summed E-state index contributed by atoms with van der Waals surface area (Å²) in [6.07, 6.45) is 5.60. The van der Waals surface area contributed by atoms with Crippen molar-refractivity contribution in [2.24, 2.45) is 5.92 Å². The maximum absolute atomic E-state index is 11.5. The Morgan fingerprint density at radius 1 is 1.27 bits per heavy atom. The van der Waals surface area contributed by atoms with E-state index in [4.69, 9.17) is 0 Å². The fraction of sp³-hybridized carbons (Fsp3) is 0.467. The molecule has 3 heterocycles. The smallest absolute Gasteiger partial charge is 0.290 e. The first-order valence-corrected chi connectivity index (χ1v) is 7.66. The summed E-state index contributed by atoms with van der Waals surface area (Å²) in [6.45, 7) is 2.59. The second-order valence-electron chi connectivity index (χ2n) is 6.01. The topological polar surface area (TPSA) is 86.8 Å². The number of nitrogens with one attached hydrogen (secondary N) is 2. The lowest BCUT2D eigenvalue weighted by Crippen LogP contribution is -2.50. The highest BCUT2D eigenvalue weighted by atomic mass is 16.1. The molecule has 0 atom stereocenters. The predicted octanol–water partition coefficient (Wildman–Crippen LogP) is 0.986. The second-order valence-corrected chi connectivity index (χ2v) is 6.01. The van der Waals surface area contributed by atoms with Crippen molar-refractivity contribution in [1.82, 2.24) is 20.2 Å². The molecule has 0 spiro atoms. The maximum Gasteiger partial charge on any atom is 0.290 e. The lowest BCUT2D eigenvalue weighted by molar-refractivity contribution is 0.425. The molecule has 7 heteroatoms. The highest BCUT2D eigenvalue weighted by Crippen LogP contribution is 2.38. The Bertz CT molecular complexity index is 702. The van der Waals surface area contributed by atoms with Gasteiger partial charge in [-0.05, 0) is 25.0 Å². The Balaban J connectivity index is 1.28. The molecule has 0 amide bonds. The highest BCUT2D eigenvalue weighted by molar-refractivity contribution is 5.42. The van der Waals surface area contributed by atoms with Crippen LogP contribution >= 0.6 is 0 Å². The molecule has 2 aliphatic rings. The zero-order valence-corrected chi connectivity index (χ0v) is 12.2. The Morgan fingerprint density at radius 2 is 2.14 bits per heavy atom. The van der Waals surface area contributed by atoms with Crippen molar-refractivity contribution in [2.75, 3.05) is 29.9 Å². The average molecular weight is 298 g/mol. The van der Waals surface area contributed by atoms with Gasteiger partial charge in [-0.2, -0.15) is 5.10 Å². The van der Waals surface area contributed by atoms with Crippen LogP contribution in [0.5, 0.6) is 0 Å². The molecule has 0 bridgehead atoms. The van der Waals surface area contributed by atoms with Crippen molar-refractivity contribution in [3.8, 4) is 0 Å². The minimum Gasteiger partial charge on any atom is -0.365 e. The van der Waals surface area contributed by atoms with Gasteiger partial charge in [-0.3, -0.25) is 4.79 Å². The van der Waals surface area contributed by atoms with Crippen LogP contribution in [0.3, 0.4) is 0 Å². The monoisotopic (exact) mass is 298 g/mol. The van der Waals surface area contributed by atoms with Gasteiger partial charge in [-0.25, -0.2) is 4.98 Å². The molecule has 0 radical (unpaired) electrons. The van der Waals surface area contributed by atoms with E-state index >= 15 is 0 Å². The lowest BCUT2D eigenvalue weighted by Gasteiger charge is -2.39. The summed E-state index contributed by atoms with van der Waals surface area (Å²) < 4.78 is 0. The van der Waals surface area contributed by atoms with Crippen LogP contribution in [0.4, 0.5) is 11.6 Å². The Labute approximate surface area is 127 Å². The third-order valence-corrected chi connectivity index (χ3v) is 4.21. The minimum absolute atomic E-state index is 0.180. The number of H-pyrrole nitrogens is 1. The fourth-order valence-electron chi connectivity index (χ4n) is 2.71. The lowest BCUT2D eigenvalue weighted by atomic mass is 10.0. The number of aromatic nitrogens is 4. The first kappa shape index (κ1) is 13.2. The summed E-state index contributed by atoms with van der Waals surface area (Å²) in [6, 6.07) is 4.16. The van der Waals surface area contributed by atoms with Gasteiger partial charge in [0.2, 0.25) is 0 Å². The molecule has 114 valence electrons. The molecule has 7 nitrogen and oxygen atoms in total. The number of anilines is 2. The summed E-state index contributed by atoms with van der Waals surface area (Å²) in [5.41, 5.74) is 0.942. The SMILES string of the molecule is O=c1[nH]ccnc1NCC1CN(c2ccc(C3CC3)nn2)C1. The van der Waals surface area contributed by atoms with Crippen molar-refractivity contribution < 1.29 is 0 Å². The van der Waals surface area contributed by atoms with E-state index < -0.39 is 0 Å². The molecule has 2 aromatic heterocycles. The molecule has 1 saturated carbocycles. The van der Waals surface area contributed by atoms with Gasteiger partial charge in [-0.15, -0.1) is 5.10 Å². The van der Waals surface area contributed by atoms with E-state index in [2.05, 4.69) is 42.5 Å². The van der Waals surface area contributed by atoms with Crippen LogP contribution in [-0.4, -0.2) is 39.8 Å². The minimum atomic E-state index is -0.180. The molecule has 2 N–H and O–H groups in total. The summed E-state index contributed by atoms with van der Waals surface area (Å²) in [7, 11) is 0. The Kier molecular flexibility index (Phi) is 3.25. The molecule has 1 aliphatic heterocycles. The summed E-state index contributed by atoms with van der Waals surface area (Å²) >= 11 is 0. The summed E-state index contributed by atoms with van der Waals surface area (Å²) in [4.78, 5) is 20.3. The number of aromatic amines is 1. The van der Waals surface area contributed by atoms with Crippen molar-refractivity contribution in [2.45, 2.75) is 18.8 Å². The second kappa shape index (κ2) is 5.40. The molecule has 0 aromatic carbocycles.